The summed E-state index contributed by atoms with van der Waals surface area (Å²) in [6, 6.07) is 12.7. The molecule has 122 valence electrons. The van der Waals surface area contributed by atoms with Crippen molar-refractivity contribution in [3.8, 4) is 0 Å². The van der Waals surface area contributed by atoms with E-state index in [0.717, 1.165) is 16.6 Å². The molecule has 1 unspecified atom stereocenters. The second-order valence-electron chi connectivity index (χ2n) is 5.93. The van der Waals surface area contributed by atoms with E-state index in [1.165, 1.54) is 16.5 Å². The van der Waals surface area contributed by atoms with Crippen molar-refractivity contribution in [3.05, 3.63) is 47.5 Å². The van der Waals surface area contributed by atoms with E-state index in [9.17, 15) is 0 Å². The first kappa shape index (κ1) is 16.0. The molecule has 3 heteroatoms. The maximum absolute atomic E-state index is 5.94. The van der Waals surface area contributed by atoms with Crippen molar-refractivity contribution >= 4 is 21.9 Å². The molecule has 1 atom stereocenters. The molecule has 0 saturated heterocycles. The summed E-state index contributed by atoms with van der Waals surface area (Å²) in [4.78, 5) is 0. The summed E-state index contributed by atoms with van der Waals surface area (Å²) in [6.45, 7) is 9.52. The zero-order chi connectivity index (χ0) is 16.4. The van der Waals surface area contributed by atoms with Crippen LogP contribution >= 0.6 is 0 Å². The topological polar surface area (TPSA) is 31.6 Å². The molecule has 0 amide bonds. The quantitative estimate of drug-likeness (QED) is 0.571. The highest BCUT2D eigenvalue weighted by Crippen LogP contribution is 2.33. The minimum Gasteiger partial charge on any atom is -0.456 e. The number of ether oxygens (including phenoxy) is 2. The van der Waals surface area contributed by atoms with Crippen LogP contribution in [0.2, 0.25) is 0 Å². The molecule has 0 fully saturated rings. The summed E-state index contributed by atoms with van der Waals surface area (Å²) >= 11 is 0. The zero-order valence-corrected chi connectivity index (χ0v) is 14.3. The highest BCUT2D eigenvalue weighted by molar-refractivity contribution is 6.05. The highest BCUT2D eigenvalue weighted by Gasteiger charge is 2.20. The Hall–Kier alpha value is -1.84. The summed E-state index contributed by atoms with van der Waals surface area (Å²) in [7, 11) is 0. The number of hydrogen-bond donors (Lipinski definition) is 0. The van der Waals surface area contributed by atoms with Crippen LogP contribution in [0, 0.1) is 6.92 Å². The van der Waals surface area contributed by atoms with Crippen LogP contribution in [0.1, 0.15) is 37.8 Å². The predicted octanol–water partition coefficient (Wildman–Crippen LogP) is 5.40. The van der Waals surface area contributed by atoms with Gasteiger partial charge in [0.05, 0.1) is 0 Å². The maximum atomic E-state index is 5.94. The van der Waals surface area contributed by atoms with E-state index in [-0.39, 0.29) is 12.2 Å². The van der Waals surface area contributed by atoms with Gasteiger partial charge in [-0.2, -0.15) is 0 Å². The van der Waals surface area contributed by atoms with Crippen molar-refractivity contribution in [2.24, 2.45) is 0 Å². The van der Waals surface area contributed by atoms with Crippen LogP contribution < -0.4 is 0 Å². The Bertz CT molecular complexity index is 797. The lowest BCUT2D eigenvalue weighted by Crippen LogP contribution is -2.24. The van der Waals surface area contributed by atoms with Crippen LogP contribution in [0.5, 0.6) is 0 Å². The fourth-order valence-electron chi connectivity index (χ4n) is 3.01. The number of benzene rings is 2. The van der Waals surface area contributed by atoms with Crippen LogP contribution in [-0.2, 0) is 9.47 Å². The first-order valence-electron chi connectivity index (χ1n) is 8.30. The van der Waals surface area contributed by atoms with E-state index < -0.39 is 0 Å². The Balaban J connectivity index is 2.04. The molecule has 0 spiro atoms. The molecule has 1 heterocycles. The molecule has 0 N–H and O–H groups in total. The van der Waals surface area contributed by atoms with Crippen molar-refractivity contribution < 1.29 is 13.9 Å². The van der Waals surface area contributed by atoms with Gasteiger partial charge in [0.15, 0.2) is 6.29 Å². The maximum Gasteiger partial charge on any atom is 0.164 e. The van der Waals surface area contributed by atoms with Crippen molar-refractivity contribution in [1.82, 2.24) is 0 Å². The van der Waals surface area contributed by atoms with E-state index in [0.29, 0.717) is 13.2 Å². The molecule has 23 heavy (non-hydrogen) atoms. The Morgan fingerprint density at radius 3 is 2.17 bits per heavy atom. The van der Waals surface area contributed by atoms with E-state index in [4.69, 9.17) is 13.9 Å². The van der Waals surface area contributed by atoms with Gasteiger partial charge in [-0.15, -0.1) is 0 Å². The van der Waals surface area contributed by atoms with Gasteiger partial charge in [0.25, 0.3) is 0 Å². The van der Waals surface area contributed by atoms with E-state index in [1.54, 1.807) is 0 Å². The molecule has 0 bridgehead atoms. The number of furan rings is 1. The SMILES string of the molecule is CCOC(OCC)C(C)c1ccc2oc3ccc(C)cc3c2c1. The first-order chi connectivity index (χ1) is 11.1. The Kier molecular flexibility index (Phi) is 4.69. The minimum atomic E-state index is -0.220. The van der Waals surface area contributed by atoms with Gasteiger partial charge in [-0.1, -0.05) is 24.6 Å². The molecule has 0 radical (unpaired) electrons. The molecule has 3 rings (SSSR count). The normalized spacial score (nSPS) is 13.3. The number of hydrogen-bond acceptors (Lipinski definition) is 3. The Morgan fingerprint density at radius 1 is 0.913 bits per heavy atom. The largest absolute Gasteiger partial charge is 0.456 e. The van der Waals surface area contributed by atoms with E-state index in [1.807, 2.05) is 26.0 Å². The summed E-state index contributed by atoms with van der Waals surface area (Å²) < 4.78 is 17.4. The lowest BCUT2D eigenvalue weighted by molar-refractivity contribution is -0.147. The van der Waals surface area contributed by atoms with Crippen molar-refractivity contribution in [2.75, 3.05) is 13.2 Å². The monoisotopic (exact) mass is 312 g/mol. The van der Waals surface area contributed by atoms with Gasteiger partial charge in [-0.05, 0) is 50.6 Å². The van der Waals surface area contributed by atoms with Crippen LogP contribution in [0.15, 0.2) is 40.8 Å². The lowest BCUT2D eigenvalue weighted by Gasteiger charge is -2.24. The Labute approximate surface area is 137 Å². The summed E-state index contributed by atoms with van der Waals surface area (Å²) in [5.41, 5.74) is 4.29. The van der Waals surface area contributed by atoms with Gasteiger partial charge in [0, 0.05) is 29.9 Å². The smallest absolute Gasteiger partial charge is 0.164 e. The van der Waals surface area contributed by atoms with Crippen LogP contribution in [0.3, 0.4) is 0 Å². The molecular formula is C20H24O3. The summed E-state index contributed by atoms with van der Waals surface area (Å²) in [5, 5.41) is 2.32. The van der Waals surface area contributed by atoms with Crippen molar-refractivity contribution in [1.29, 1.82) is 0 Å². The summed E-state index contributed by atoms with van der Waals surface area (Å²) in [6.07, 6.45) is -0.220. The molecule has 3 nitrogen and oxygen atoms in total. The molecule has 1 aromatic heterocycles. The molecule has 3 aromatic rings. The molecule has 2 aromatic carbocycles. The first-order valence-corrected chi connectivity index (χ1v) is 8.30. The average molecular weight is 312 g/mol. The minimum absolute atomic E-state index is 0.161. The zero-order valence-electron chi connectivity index (χ0n) is 14.3. The third-order valence-corrected chi connectivity index (χ3v) is 4.24. The van der Waals surface area contributed by atoms with Crippen LogP contribution in [0.25, 0.3) is 21.9 Å². The Morgan fingerprint density at radius 2 is 1.52 bits per heavy atom. The fourth-order valence-corrected chi connectivity index (χ4v) is 3.01. The number of fused-ring (bicyclic) bond motifs is 3. The van der Waals surface area contributed by atoms with Gasteiger partial charge in [-0.3, -0.25) is 0 Å². The van der Waals surface area contributed by atoms with Gasteiger partial charge >= 0.3 is 0 Å². The molecular weight excluding hydrogens is 288 g/mol. The lowest BCUT2D eigenvalue weighted by atomic mass is 9.98. The van der Waals surface area contributed by atoms with Crippen molar-refractivity contribution in [2.45, 2.75) is 39.9 Å². The fraction of sp³-hybridized carbons (Fsp3) is 0.400. The van der Waals surface area contributed by atoms with Crippen molar-refractivity contribution in [3.63, 3.8) is 0 Å². The number of rotatable bonds is 6. The second-order valence-corrected chi connectivity index (χ2v) is 5.93. The third kappa shape index (κ3) is 3.12. The van der Waals surface area contributed by atoms with E-state index in [2.05, 4.69) is 38.1 Å². The number of aryl methyl sites for hydroxylation is 1. The van der Waals surface area contributed by atoms with Crippen LogP contribution in [0.4, 0.5) is 0 Å². The molecule has 0 saturated carbocycles. The molecule has 0 aliphatic carbocycles. The standard InChI is InChI=1S/C20H24O3/c1-5-21-20(22-6-2)14(4)15-8-10-19-17(12-15)16-11-13(3)7-9-18(16)23-19/h7-12,14,20H,5-6H2,1-4H3. The van der Waals surface area contributed by atoms with E-state index >= 15 is 0 Å². The average Bonchev–Trinajstić information content (AvgIpc) is 2.91. The highest BCUT2D eigenvalue weighted by atomic mass is 16.7. The molecule has 0 aliphatic rings. The third-order valence-electron chi connectivity index (χ3n) is 4.24. The van der Waals surface area contributed by atoms with Gasteiger partial charge in [-0.25, -0.2) is 0 Å². The second kappa shape index (κ2) is 6.73. The summed E-state index contributed by atoms with van der Waals surface area (Å²) in [5.74, 6) is 0.161. The van der Waals surface area contributed by atoms with Crippen LogP contribution in [-0.4, -0.2) is 19.5 Å². The van der Waals surface area contributed by atoms with Gasteiger partial charge in [0.2, 0.25) is 0 Å². The predicted molar refractivity (Wildman–Crippen MR) is 93.9 cm³/mol. The molecule has 0 aliphatic heterocycles. The van der Waals surface area contributed by atoms with Gasteiger partial charge in [0.1, 0.15) is 11.2 Å². The van der Waals surface area contributed by atoms with Gasteiger partial charge < -0.3 is 13.9 Å².